The zero-order valence-electron chi connectivity index (χ0n) is 10.9. The molecule has 0 saturated carbocycles. The Balaban J connectivity index is 2.12. The molecular formula is C15H19N3. The number of pyridine rings is 1. The van der Waals surface area contributed by atoms with Gasteiger partial charge >= 0.3 is 0 Å². The number of fused-ring (bicyclic) bond motifs is 1. The third-order valence-electron chi connectivity index (χ3n) is 3.84. The maximum Gasteiger partial charge on any atom is 0.0743 e. The van der Waals surface area contributed by atoms with Crippen molar-refractivity contribution in [2.45, 2.75) is 26.3 Å². The first-order valence-corrected chi connectivity index (χ1v) is 6.56. The van der Waals surface area contributed by atoms with Gasteiger partial charge in [-0.1, -0.05) is 6.92 Å². The van der Waals surface area contributed by atoms with Gasteiger partial charge < -0.3 is 10.6 Å². The van der Waals surface area contributed by atoms with Gasteiger partial charge in [0, 0.05) is 35.5 Å². The molecule has 18 heavy (non-hydrogen) atoms. The second-order valence-corrected chi connectivity index (χ2v) is 5.45. The van der Waals surface area contributed by atoms with E-state index in [9.17, 15) is 0 Å². The van der Waals surface area contributed by atoms with Gasteiger partial charge in [0.1, 0.15) is 0 Å². The van der Waals surface area contributed by atoms with Crippen molar-refractivity contribution in [1.82, 2.24) is 4.98 Å². The van der Waals surface area contributed by atoms with Crippen LogP contribution >= 0.6 is 0 Å². The summed E-state index contributed by atoms with van der Waals surface area (Å²) in [6, 6.07) is 8.71. The highest BCUT2D eigenvalue weighted by Gasteiger charge is 2.27. The number of nitrogen functional groups attached to an aromatic ring is 1. The van der Waals surface area contributed by atoms with Crippen LogP contribution in [0.3, 0.4) is 0 Å². The van der Waals surface area contributed by atoms with E-state index in [2.05, 4.69) is 35.9 Å². The van der Waals surface area contributed by atoms with E-state index in [0.717, 1.165) is 23.7 Å². The predicted molar refractivity (Wildman–Crippen MR) is 76.7 cm³/mol. The number of hydrogen-bond donors (Lipinski definition) is 1. The van der Waals surface area contributed by atoms with Crippen molar-refractivity contribution in [1.29, 1.82) is 0 Å². The quantitative estimate of drug-likeness (QED) is 0.780. The Morgan fingerprint density at radius 2 is 2.11 bits per heavy atom. The smallest absolute Gasteiger partial charge is 0.0743 e. The first-order chi connectivity index (χ1) is 8.65. The Hall–Kier alpha value is -1.77. The van der Waals surface area contributed by atoms with E-state index >= 15 is 0 Å². The first-order valence-electron chi connectivity index (χ1n) is 6.56. The molecule has 3 heteroatoms. The van der Waals surface area contributed by atoms with Gasteiger partial charge in [-0.3, -0.25) is 4.98 Å². The second-order valence-electron chi connectivity index (χ2n) is 5.45. The Morgan fingerprint density at radius 1 is 1.28 bits per heavy atom. The van der Waals surface area contributed by atoms with Crippen molar-refractivity contribution in [3.8, 4) is 0 Å². The lowest BCUT2D eigenvalue weighted by molar-refractivity contribution is 0.625. The molecule has 3 nitrogen and oxygen atoms in total. The zero-order valence-corrected chi connectivity index (χ0v) is 10.9. The molecule has 3 rings (SSSR count). The molecule has 0 radical (unpaired) electrons. The number of aromatic nitrogens is 1. The number of rotatable bonds is 1. The predicted octanol–water partition coefficient (Wildman–Crippen LogP) is 3.05. The summed E-state index contributed by atoms with van der Waals surface area (Å²) < 4.78 is 0. The first kappa shape index (κ1) is 11.3. The van der Waals surface area contributed by atoms with E-state index in [1.54, 1.807) is 0 Å². The summed E-state index contributed by atoms with van der Waals surface area (Å²) in [4.78, 5) is 6.90. The Morgan fingerprint density at radius 3 is 2.83 bits per heavy atom. The maximum atomic E-state index is 5.82. The lowest BCUT2D eigenvalue weighted by Gasteiger charge is -2.25. The van der Waals surface area contributed by atoms with Crippen molar-refractivity contribution in [3.63, 3.8) is 0 Å². The summed E-state index contributed by atoms with van der Waals surface area (Å²) in [5.41, 5.74) is 8.87. The Bertz CT molecular complexity index is 579. The number of benzene rings is 1. The molecule has 2 heterocycles. The molecule has 1 aliphatic heterocycles. The van der Waals surface area contributed by atoms with Crippen LogP contribution in [-0.2, 0) is 0 Å². The molecule has 1 aliphatic rings. The summed E-state index contributed by atoms with van der Waals surface area (Å²) in [6.07, 6.45) is 3.14. The average molecular weight is 241 g/mol. The number of nitrogens with two attached hydrogens (primary N) is 1. The van der Waals surface area contributed by atoms with Crippen molar-refractivity contribution in [2.75, 3.05) is 17.2 Å². The standard InChI is InChI=1S/C15H19N3/c1-10-7-11(2)18(9-10)15-5-6-17-14-8-12(16)3-4-13(14)15/h3-6,8,10-11H,7,9,16H2,1-2H3. The average Bonchev–Trinajstić information content (AvgIpc) is 2.67. The molecule has 1 saturated heterocycles. The van der Waals surface area contributed by atoms with E-state index in [-0.39, 0.29) is 0 Å². The summed E-state index contributed by atoms with van der Waals surface area (Å²) in [7, 11) is 0. The Labute approximate surface area is 108 Å². The van der Waals surface area contributed by atoms with Gasteiger partial charge in [-0.15, -0.1) is 0 Å². The normalized spacial score (nSPS) is 23.8. The van der Waals surface area contributed by atoms with Crippen LogP contribution in [0.1, 0.15) is 20.3 Å². The molecular weight excluding hydrogens is 222 g/mol. The van der Waals surface area contributed by atoms with E-state index < -0.39 is 0 Å². The van der Waals surface area contributed by atoms with Gasteiger partial charge in [-0.25, -0.2) is 0 Å². The maximum absolute atomic E-state index is 5.82. The SMILES string of the molecule is CC1CC(C)N(c2ccnc3cc(N)ccc23)C1. The molecule has 0 amide bonds. The van der Waals surface area contributed by atoms with Gasteiger partial charge in [0.2, 0.25) is 0 Å². The van der Waals surface area contributed by atoms with E-state index in [1.165, 1.54) is 17.5 Å². The van der Waals surface area contributed by atoms with E-state index in [4.69, 9.17) is 5.73 Å². The van der Waals surface area contributed by atoms with Crippen molar-refractivity contribution < 1.29 is 0 Å². The van der Waals surface area contributed by atoms with Crippen LogP contribution in [0.25, 0.3) is 10.9 Å². The fourth-order valence-electron chi connectivity index (χ4n) is 3.04. The van der Waals surface area contributed by atoms with Crippen molar-refractivity contribution in [3.05, 3.63) is 30.5 Å². The summed E-state index contributed by atoms with van der Waals surface area (Å²) in [5.74, 6) is 0.761. The minimum Gasteiger partial charge on any atom is -0.399 e. The van der Waals surface area contributed by atoms with Gasteiger partial charge in [-0.2, -0.15) is 0 Å². The molecule has 1 aromatic carbocycles. The van der Waals surface area contributed by atoms with Crippen LogP contribution in [0, 0.1) is 5.92 Å². The Kier molecular flexibility index (Phi) is 2.62. The van der Waals surface area contributed by atoms with Crippen LogP contribution in [0.15, 0.2) is 30.5 Å². The summed E-state index contributed by atoms with van der Waals surface area (Å²) in [5, 5.41) is 1.20. The summed E-state index contributed by atoms with van der Waals surface area (Å²) >= 11 is 0. The van der Waals surface area contributed by atoms with Crippen LogP contribution in [0.2, 0.25) is 0 Å². The fourth-order valence-corrected chi connectivity index (χ4v) is 3.04. The van der Waals surface area contributed by atoms with Crippen molar-refractivity contribution in [2.24, 2.45) is 5.92 Å². The largest absolute Gasteiger partial charge is 0.399 e. The lowest BCUT2D eigenvalue weighted by atomic mass is 10.1. The molecule has 0 aliphatic carbocycles. The zero-order chi connectivity index (χ0) is 12.7. The van der Waals surface area contributed by atoms with E-state index in [1.807, 2.05) is 18.3 Å². The van der Waals surface area contributed by atoms with Gasteiger partial charge in [0.05, 0.1) is 5.52 Å². The number of anilines is 2. The van der Waals surface area contributed by atoms with Crippen LogP contribution in [0.4, 0.5) is 11.4 Å². The monoisotopic (exact) mass is 241 g/mol. The molecule has 0 bridgehead atoms. The summed E-state index contributed by atoms with van der Waals surface area (Å²) in [6.45, 7) is 5.75. The van der Waals surface area contributed by atoms with Gasteiger partial charge in [0.25, 0.3) is 0 Å². The molecule has 1 fully saturated rings. The highest BCUT2D eigenvalue weighted by atomic mass is 15.2. The molecule has 94 valence electrons. The fraction of sp³-hybridized carbons (Fsp3) is 0.400. The van der Waals surface area contributed by atoms with Crippen molar-refractivity contribution >= 4 is 22.3 Å². The third-order valence-corrected chi connectivity index (χ3v) is 3.84. The van der Waals surface area contributed by atoms with E-state index in [0.29, 0.717) is 6.04 Å². The second kappa shape index (κ2) is 4.16. The minimum atomic E-state index is 0.600. The van der Waals surface area contributed by atoms with Gasteiger partial charge in [0.15, 0.2) is 0 Å². The van der Waals surface area contributed by atoms with Gasteiger partial charge in [-0.05, 0) is 43.5 Å². The highest BCUT2D eigenvalue weighted by molar-refractivity contribution is 5.93. The number of nitrogens with zero attached hydrogens (tertiary/aromatic N) is 2. The van der Waals surface area contributed by atoms with Crippen LogP contribution < -0.4 is 10.6 Å². The molecule has 1 aromatic heterocycles. The van der Waals surface area contributed by atoms with Crippen LogP contribution in [0.5, 0.6) is 0 Å². The molecule has 0 spiro atoms. The number of hydrogen-bond acceptors (Lipinski definition) is 3. The van der Waals surface area contributed by atoms with Crippen LogP contribution in [-0.4, -0.2) is 17.6 Å². The molecule has 2 atom stereocenters. The molecule has 2 unspecified atom stereocenters. The topological polar surface area (TPSA) is 42.2 Å². The molecule has 2 aromatic rings. The third kappa shape index (κ3) is 1.80. The molecule has 2 N–H and O–H groups in total. The minimum absolute atomic E-state index is 0.600. The lowest BCUT2D eigenvalue weighted by Crippen LogP contribution is -2.26. The highest BCUT2D eigenvalue weighted by Crippen LogP contribution is 2.33.